The molecule has 2 heteroatoms. The zero-order chi connectivity index (χ0) is 27.8. The van der Waals surface area contributed by atoms with Gasteiger partial charge in [0.1, 0.15) is 6.29 Å². The van der Waals surface area contributed by atoms with Crippen molar-refractivity contribution in [2.24, 2.45) is 0 Å². The average molecular weight is 527 g/mol. The van der Waals surface area contributed by atoms with E-state index in [2.05, 4.69) is 38.2 Å². The first-order valence-electron chi connectivity index (χ1n) is 16.4. The highest BCUT2D eigenvalue weighted by Gasteiger charge is 2.03. The van der Waals surface area contributed by atoms with Crippen molar-refractivity contribution < 1.29 is 9.59 Å². The lowest BCUT2D eigenvalue weighted by Gasteiger charge is -2.02. The fourth-order valence-corrected chi connectivity index (χ4v) is 4.65. The number of ketones is 1. The first-order chi connectivity index (χ1) is 18.8. The third-order valence-corrected chi connectivity index (χ3v) is 7.18. The van der Waals surface area contributed by atoms with E-state index in [4.69, 9.17) is 0 Å². The van der Waals surface area contributed by atoms with Crippen LogP contribution in [0, 0.1) is 0 Å². The molecule has 0 aliphatic carbocycles. The zero-order valence-electron chi connectivity index (χ0n) is 25.4. The summed E-state index contributed by atoms with van der Waals surface area (Å²) >= 11 is 0. The molecule has 0 aliphatic rings. The van der Waals surface area contributed by atoms with Gasteiger partial charge in [-0.25, -0.2) is 0 Å². The van der Waals surface area contributed by atoms with Crippen LogP contribution in [-0.4, -0.2) is 12.1 Å². The topological polar surface area (TPSA) is 34.1 Å². The van der Waals surface area contributed by atoms with Crippen molar-refractivity contribution in [3.05, 3.63) is 48.1 Å². The van der Waals surface area contributed by atoms with Crippen molar-refractivity contribution >= 4 is 12.1 Å². The summed E-state index contributed by atoms with van der Waals surface area (Å²) in [5, 5.41) is 0. The molecule has 0 aromatic heterocycles. The number of hydrogen-bond acceptors (Lipinski definition) is 2. The Morgan fingerprint density at radius 1 is 0.500 bits per heavy atom. The lowest BCUT2D eigenvalue weighted by Crippen LogP contribution is -1.98. The van der Waals surface area contributed by atoms with Gasteiger partial charge in [-0.1, -0.05) is 147 Å². The van der Waals surface area contributed by atoms with Crippen molar-refractivity contribution in [1.29, 1.82) is 0 Å². The van der Waals surface area contributed by atoms with Crippen LogP contribution >= 0.6 is 0 Å². The number of carbonyl (C=O) groups excluding carboxylic acids is 2. The third kappa shape index (κ3) is 27.3. The van der Waals surface area contributed by atoms with E-state index in [-0.39, 0.29) is 5.78 Å². The summed E-state index contributed by atoms with van der Waals surface area (Å²) in [5.74, 6) is 0.153. The molecule has 38 heavy (non-hydrogen) atoms. The van der Waals surface area contributed by atoms with Gasteiger partial charge in [-0.2, -0.15) is 0 Å². The predicted octanol–water partition coefficient (Wildman–Crippen LogP) is 11.8. The van der Waals surface area contributed by atoms with E-state index in [1.807, 2.05) is 12.2 Å². The van der Waals surface area contributed by atoms with Gasteiger partial charge in [-0.15, -0.1) is 0 Å². The van der Waals surface area contributed by atoms with E-state index < -0.39 is 0 Å². The highest BCUT2D eigenvalue weighted by Crippen LogP contribution is 2.13. The van der Waals surface area contributed by atoms with Gasteiger partial charge >= 0.3 is 0 Å². The molecular weight excluding hydrogens is 464 g/mol. The van der Waals surface area contributed by atoms with Crippen LogP contribution in [0.5, 0.6) is 0 Å². The van der Waals surface area contributed by atoms with Crippen molar-refractivity contribution in [2.45, 2.75) is 168 Å². The predicted molar refractivity (Wildman–Crippen MR) is 169 cm³/mol. The number of allylic oxidation sites excluding steroid dienone is 8. The van der Waals surface area contributed by atoms with Gasteiger partial charge in [0.05, 0.1) is 0 Å². The second-order valence-corrected chi connectivity index (χ2v) is 10.9. The molecule has 0 spiro atoms. The van der Waals surface area contributed by atoms with E-state index in [0.717, 1.165) is 56.8 Å². The zero-order valence-corrected chi connectivity index (χ0v) is 25.4. The Hall–Kier alpha value is -1.70. The van der Waals surface area contributed by atoms with Crippen LogP contribution in [-0.2, 0) is 9.59 Å². The van der Waals surface area contributed by atoms with Crippen molar-refractivity contribution in [1.82, 2.24) is 0 Å². The molecule has 2 nitrogen and oxygen atoms in total. The number of hydrogen-bond donors (Lipinski definition) is 0. The van der Waals surface area contributed by atoms with E-state index >= 15 is 0 Å². The maximum absolute atomic E-state index is 12.8. The number of aldehydes is 1. The molecule has 0 aromatic rings. The Bertz CT molecular complexity index is 638. The Morgan fingerprint density at radius 2 is 0.974 bits per heavy atom. The first kappa shape index (κ1) is 36.3. The quantitative estimate of drug-likeness (QED) is 0.0319. The van der Waals surface area contributed by atoms with Gasteiger partial charge in [0.25, 0.3) is 0 Å². The van der Waals surface area contributed by atoms with Crippen LogP contribution in [0.25, 0.3) is 0 Å². The third-order valence-electron chi connectivity index (χ3n) is 7.18. The molecular formula is C36H62O2. The Balaban J connectivity index is 4.13. The SMILES string of the molecule is CCCCCC=C(CC=CCCCCCCCC=O)C(=O)C=CC=CCCCCCCCCCCCCC. The second-order valence-electron chi connectivity index (χ2n) is 10.9. The molecule has 0 heterocycles. The average Bonchev–Trinajstić information content (AvgIpc) is 2.92. The summed E-state index contributed by atoms with van der Waals surface area (Å²) in [6.45, 7) is 4.49. The minimum absolute atomic E-state index is 0.153. The van der Waals surface area contributed by atoms with E-state index in [9.17, 15) is 9.59 Å². The normalized spacial score (nSPS) is 12.4. The first-order valence-corrected chi connectivity index (χ1v) is 16.4. The molecule has 0 unspecified atom stereocenters. The van der Waals surface area contributed by atoms with Crippen LogP contribution in [0.3, 0.4) is 0 Å². The summed E-state index contributed by atoms with van der Waals surface area (Å²) in [7, 11) is 0. The van der Waals surface area contributed by atoms with Crippen LogP contribution in [0.15, 0.2) is 48.1 Å². The van der Waals surface area contributed by atoms with Gasteiger partial charge in [0.2, 0.25) is 0 Å². The van der Waals surface area contributed by atoms with Gasteiger partial charge in [-0.05, 0) is 63.0 Å². The lowest BCUT2D eigenvalue weighted by atomic mass is 10.0. The lowest BCUT2D eigenvalue weighted by molar-refractivity contribution is -0.111. The summed E-state index contributed by atoms with van der Waals surface area (Å²) in [6.07, 6.45) is 44.6. The highest BCUT2D eigenvalue weighted by atomic mass is 16.1. The minimum Gasteiger partial charge on any atom is -0.303 e. The summed E-state index contributed by atoms with van der Waals surface area (Å²) in [4.78, 5) is 23.1. The molecule has 0 bridgehead atoms. The summed E-state index contributed by atoms with van der Waals surface area (Å²) in [6, 6.07) is 0. The van der Waals surface area contributed by atoms with Crippen LogP contribution in [0.2, 0.25) is 0 Å². The molecule has 0 aliphatic heterocycles. The van der Waals surface area contributed by atoms with E-state index in [0.29, 0.717) is 6.42 Å². The van der Waals surface area contributed by atoms with Crippen molar-refractivity contribution in [3.8, 4) is 0 Å². The van der Waals surface area contributed by atoms with Crippen LogP contribution < -0.4 is 0 Å². The molecule has 0 radical (unpaired) electrons. The van der Waals surface area contributed by atoms with Gasteiger partial charge in [0, 0.05) is 6.42 Å². The fourth-order valence-electron chi connectivity index (χ4n) is 4.65. The van der Waals surface area contributed by atoms with E-state index in [1.165, 1.54) is 103 Å². The molecule has 0 amide bonds. The molecule has 218 valence electrons. The van der Waals surface area contributed by atoms with Crippen LogP contribution in [0.1, 0.15) is 168 Å². The van der Waals surface area contributed by atoms with Gasteiger partial charge < -0.3 is 4.79 Å². The highest BCUT2D eigenvalue weighted by molar-refractivity contribution is 6.04. The number of carbonyl (C=O) groups is 2. The molecule has 0 saturated carbocycles. The number of unbranched alkanes of at least 4 members (excludes halogenated alkanes) is 20. The van der Waals surface area contributed by atoms with Gasteiger partial charge in [-0.3, -0.25) is 4.79 Å². The standard InChI is InChI=1S/C36H62O2/c1-3-5-7-9-10-11-12-13-14-15-16-19-22-25-29-33-36(38)35(31-27-8-6-4-2)32-28-24-21-18-17-20-23-26-30-34-37/h22,24-25,28-29,31,33-34H,3-21,23,26-27,30,32H2,1-2H3. The van der Waals surface area contributed by atoms with Crippen molar-refractivity contribution in [2.75, 3.05) is 0 Å². The largest absolute Gasteiger partial charge is 0.303 e. The molecule has 0 aromatic carbocycles. The fraction of sp³-hybridized carbons (Fsp3) is 0.722. The molecule has 0 rings (SSSR count). The van der Waals surface area contributed by atoms with Crippen molar-refractivity contribution in [3.63, 3.8) is 0 Å². The van der Waals surface area contributed by atoms with Crippen LogP contribution in [0.4, 0.5) is 0 Å². The summed E-state index contributed by atoms with van der Waals surface area (Å²) in [5.41, 5.74) is 0.932. The Morgan fingerprint density at radius 3 is 1.55 bits per heavy atom. The Kier molecular flexibility index (Phi) is 30.1. The second kappa shape index (κ2) is 31.5. The monoisotopic (exact) mass is 526 g/mol. The molecule has 0 atom stereocenters. The maximum atomic E-state index is 12.8. The van der Waals surface area contributed by atoms with E-state index in [1.54, 1.807) is 6.08 Å². The number of rotatable bonds is 29. The molecule has 0 N–H and O–H groups in total. The minimum atomic E-state index is 0.153. The Labute approximate surface area is 237 Å². The molecule has 0 saturated heterocycles. The summed E-state index contributed by atoms with van der Waals surface area (Å²) < 4.78 is 0. The smallest absolute Gasteiger partial charge is 0.181 e. The van der Waals surface area contributed by atoms with Gasteiger partial charge in [0.15, 0.2) is 5.78 Å². The maximum Gasteiger partial charge on any atom is 0.181 e. The molecule has 0 fully saturated rings.